The summed E-state index contributed by atoms with van der Waals surface area (Å²) < 4.78 is 25.2. The van der Waals surface area contributed by atoms with Gasteiger partial charge in [0.05, 0.1) is 0 Å². The maximum atomic E-state index is 12.6. The molecule has 2 saturated carbocycles. The van der Waals surface area contributed by atoms with Crippen LogP contribution in [0.1, 0.15) is 32.6 Å². The highest BCUT2D eigenvalue weighted by atomic mass is 79.9. The molecular formula is C9H13BrF2. The van der Waals surface area contributed by atoms with Crippen molar-refractivity contribution in [1.29, 1.82) is 0 Å². The molecule has 0 amide bonds. The van der Waals surface area contributed by atoms with E-state index in [2.05, 4.69) is 22.9 Å². The van der Waals surface area contributed by atoms with Gasteiger partial charge in [-0.25, -0.2) is 8.78 Å². The van der Waals surface area contributed by atoms with Crippen molar-refractivity contribution in [2.45, 2.75) is 38.5 Å². The number of alkyl halides is 3. The van der Waals surface area contributed by atoms with Crippen LogP contribution in [0, 0.1) is 10.8 Å². The molecule has 2 aliphatic carbocycles. The third kappa shape index (κ3) is 1.21. The Morgan fingerprint density at radius 1 is 1.17 bits per heavy atom. The molecule has 0 aromatic rings. The minimum atomic E-state index is -2.34. The molecule has 0 aliphatic heterocycles. The van der Waals surface area contributed by atoms with Crippen LogP contribution in [0.25, 0.3) is 0 Å². The topological polar surface area (TPSA) is 0 Å². The molecule has 2 fully saturated rings. The summed E-state index contributed by atoms with van der Waals surface area (Å²) in [4.78, 5) is 0. The summed E-state index contributed by atoms with van der Waals surface area (Å²) in [6.45, 7) is 2.17. The molecule has 0 aromatic carbocycles. The van der Waals surface area contributed by atoms with Crippen molar-refractivity contribution in [1.82, 2.24) is 0 Å². The zero-order valence-corrected chi connectivity index (χ0v) is 8.76. The van der Waals surface area contributed by atoms with Gasteiger partial charge in [0.1, 0.15) is 0 Å². The van der Waals surface area contributed by atoms with E-state index in [1.807, 2.05) is 0 Å². The number of halogens is 3. The van der Waals surface area contributed by atoms with E-state index in [0.29, 0.717) is 5.41 Å². The summed E-state index contributed by atoms with van der Waals surface area (Å²) in [5.74, 6) is -2.34. The van der Waals surface area contributed by atoms with Crippen molar-refractivity contribution >= 4 is 15.9 Å². The molecular weight excluding hydrogens is 226 g/mol. The van der Waals surface area contributed by atoms with Crippen LogP contribution in [0.3, 0.4) is 0 Å². The summed E-state index contributed by atoms with van der Waals surface area (Å²) in [6, 6.07) is 0. The largest absolute Gasteiger partial charge is 0.249 e. The number of hydrogen-bond acceptors (Lipinski definition) is 0. The van der Waals surface area contributed by atoms with Crippen molar-refractivity contribution in [3.05, 3.63) is 0 Å². The van der Waals surface area contributed by atoms with E-state index in [4.69, 9.17) is 0 Å². The fraction of sp³-hybridized carbons (Fsp3) is 1.00. The van der Waals surface area contributed by atoms with Crippen LogP contribution in [-0.2, 0) is 0 Å². The SMILES string of the molecule is CC1(CBr)CC2(CC(F)(F)C2)C1. The van der Waals surface area contributed by atoms with Crippen LogP contribution >= 0.6 is 15.9 Å². The summed E-state index contributed by atoms with van der Waals surface area (Å²) in [6.07, 6.45) is 2.26. The Balaban J connectivity index is 1.90. The van der Waals surface area contributed by atoms with Gasteiger partial charge in [-0.1, -0.05) is 22.9 Å². The smallest absolute Gasteiger partial charge is 0.207 e. The molecule has 1 spiro atoms. The molecule has 2 rings (SSSR count). The van der Waals surface area contributed by atoms with Crippen molar-refractivity contribution in [2.24, 2.45) is 10.8 Å². The normalized spacial score (nSPS) is 34.0. The highest BCUT2D eigenvalue weighted by molar-refractivity contribution is 9.09. The van der Waals surface area contributed by atoms with Gasteiger partial charge < -0.3 is 0 Å². The monoisotopic (exact) mass is 238 g/mol. The second-order valence-electron chi connectivity index (χ2n) is 5.01. The average Bonchev–Trinajstić information content (AvgIpc) is 1.80. The lowest BCUT2D eigenvalue weighted by Crippen LogP contribution is -2.57. The van der Waals surface area contributed by atoms with Crippen molar-refractivity contribution in [2.75, 3.05) is 5.33 Å². The Hall–Kier alpha value is 0.340. The highest BCUT2D eigenvalue weighted by Gasteiger charge is 2.64. The minimum Gasteiger partial charge on any atom is -0.207 e. The Morgan fingerprint density at radius 2 is 1.67 bits per heavy atom. The molecule has 0 atom stereocenters. The van der Waals surface area contributed by atoms with Gasteiger partial charge in [0.2, 0.25) is 5.92 Å². The lowest BCUT2D eigenvalue weighted by Gasteiger charge is -2.62. The van der Waals surface area contributed by atoms with E-state index >= 15 is 0 Å². The van der Waals surface area contributed by atoms with Crippen LogP contribution in [0.4, 0.5) is 8.78 Å². The first-order chi connectivity index (χ1) is 5.39. The minimum absolute atomic E-state index is 0.0337. The van der Waals surface area contributed by atoms with E-state index in [-0.39, 0.29) is 18.3 Å². The van der Waals surface area contributed by atoms with E-state index in [1.54, 1.807) is 0 Å². The van der Waals surface area contributed by atoms with Crippen molar-refractivity contribution in [3.8, 4) is 0 Å². The fourth-order valence-corrected chi connectivity index (χ4v) is 3.55. The first kappa shape index (κ1) is 8.92. The fourth-order valence-electron chi connectivity index (χ4n) is 3.15. The van der Waals surface area contributed by atoms with Gasteiger partial charge in [-0.15, -0.1) is 0 Å². The standard InChI is InChI=1S/C9H13BrF2/c1-7(6-10)2-8(3-7)4-9(11,12)5-8/h2-6H2,1H3. The summed E-state index contributed by atoms with van der Waals surface area (Å²) in [5, 5.41) is 0.952. The third-order valence-corrected chi connectivity index (χ3v) is 4.55. The summed E-state index contributed by atoms with van der Waals surface area (Å²) in [7, 11) is 0. The second kappa shape index (κ2) is 2.23. The van der Waals surface area contributed by atoms with Crippen LogP contribution in [0.15, 0.2) is 0 Å². The average molecular weight is 239 g/mol. The first-order valence-corrected chi connectivity index (χ1v) is 5.45. The zero-order valence-electron chi connectivity index (χ0n) is 7.17. The van der Waals surface area contributed by atoms with Gasteiger partial charge in [0.15, 0.2) is 0 Å². The Bertz CT molecular complexity index is 197. The first-order valence-electron chi connectivity index (χ1n) is 4.33. The molecule has 3 heteroatoms. The van der Waals surface area contributed by atoms with Crippen molar-refractivity contribution < 1.29 is 8.78 Å². The number of rotatable bonds is 1. The lowest BCUT2D eigenvalue weighted by molar-refractivity contribution is -0.222. The summed E-state index contributed by atoms with van der Waals surface area (Å²) in [5.41, 5.74) is 0.336. The predicted octanol–water partition coefficient (Wildman–Crippen LogP) is 3.60. The Labute approximate surface area is 79.8 Å². The van der Waals surface area contributed by atoms with E-state index in [9.17, 15) is 8.78 Å². The molecule has 0 N–H and O–H groups in total. The van der Waals surface area contributed by atoms with E-state index in [0.717, 1.165) is 18.2 Å². The van der Waals surface area contributed by atoms with E-state index in [1.165, 1.54) is 0 Å². The molecule has 0 nitrogen and oxygen atoms in total. The maximum Gasteiger partial charge on any atom is 0.249 e. The lowest BCUT2D eigenvalue weighted by atomic mass is 9.45. The van der Waals surface area contributed by atoms with Gasteiger partial charge >= 0.3 is 0 Å². The molecule has 12 heavy (non-hydrogen) atoms. The quantitative estimate of drug-likeness (QED) is 0.613. The maximum absolute atomic E-state index is 12.6. The van der Waals surface area contributed by atoms with Crippen molar-refractivity contribution in [3.63, 3.8) is 0 Å². The van der Waals surface area contributed by atoms with Crippen LogP contribution in [0.2, 0.25) is 0 Å². The van der Waals surface area contributed by atoms with Crippen LogP contribution in [0.5, 0.6) is 0 Å². The molecule has 70 valence electrons. The molecule has 0 unspecified atom stereocenters. The predicted molar refractivity (Wildman–Crippen MR) is 47.7 cm³/mol. The van der Waals surface area contributed by atoms with Gasteiger partial charge in [0.25, 0.3) is 0 Å². The molecule has 0 aromatic heterocycles. The van der Waals surface area contributed by atoms with Crippen LogP contribution in [-0.4, -0.2) is 11.3 Å². The van der Waals surface area contributed by atoms with Crippen LogP contribution < -0.4 is 0 Å². The third-order valence-electron chi connectivity index (χ3n) is 3.19. The highest BCUT2D eigenvalue weighted by Crippen LogP contribution is 2.68. The second-order valence-corrected chi connectivity index (χ2v) is 5.57. The van der Waals surface area contributed by atoms with Gasteiger partial charge in [-0.05, 0) is 23.7 Å². The molecule has 2 aliphatic rings. The molecule has 0 radical (unpaired) electrons. The summed E-state index contributed by atoms with van der Waals surface area (Å²) >= 11 is 3.43. The van der Waals surface area contributed by atoms with Gasteiger partial charge in [-0.2, -0.15) is 0 Å². The zero-order chi connectivity index (χ0) is 9.04. The molecule has 0 heterocycles. The Morgan fingerprint density at radius 3 is 2.00 bits per heavy atom. The number of hydrogen-bond donors (Lipinski definition) is 0. The van der Waals surface area contributed by atoms with Gasteiger partial charge in [0, 0.05) is 18.2 Å². The molecule has 0 bridgehead atoms. The van der Waals surface area contributed by atoms with E-state index < -0.39 is 5.92 Å². The van der Waals surface area contributed by atoms with Gasteiger partial charge in [-0.3, -0.25) is 0 Å². The molecule has 0 saturated heterocycles. The Kier molecular flexibility index (Phi) is 1.65.